The van der Waals surface area contributed by atoms with Crippen molar-refractivity contribution in [2.75, 3.05) is 0 Å². The number of carbonyl (C=O) groups is 1. The molecule has 0 aliphatic rings. The maximum absolute atomic E-state index is 11.3. The molecule has 0 unspecified atom stereocenters. The second-order valence-corrected chi connectivity index (χ2v) is 7.85. The molecule has 0 radical (unpaired) electrons. The predicted molar refractivity (Wildman–Crippen MR) is 95.7 cm³/mol. The summed E-state index contributed by atoms with van der Waals surface area (Å²) in [7, 11) is 0. The maximum Gasteiger partial charge on any atom is 0.339 e. The fourth-order valence-corrected chi connectivity index (χ4v) is 2.82. The van der Waals surface area contributed by atoms with Crippen LogP contribution in [-0.2, 0) is 10.8 Å². The Balaban J connectivity index is 2.49. The van der Waals surface area contributed by atoms with Crippen molar-refractivity contribution in [3.8, 4) is 0 Å². The molecule has 0 saturated carbocycles. The lowest BCUT2D eigenvalue weighted by molar-refractivity contribution is 0.0694. The molecule has 0 aliphatic carbocycles. The minimum atomic E-state index is -0.983. The summed E-state index contributed by atoms with van der Waals surface area (Å²) in [5, 5.41) is 9.28. The molecule has 0 saturated heterocycles. The lowest BCUT2D eigenvalue weighted by atomic mass is 9.80. The molecule has 2 aromatic rings. The van der Waals surface area contributed by atoms with Gasteiger partial charge in [0.1, 0.15) is 11.4 Å². The van der Waals surface area contributed by atoms with Crippen LogP contribution in [0.5, 0.6) is 0 Å². The van der Waals surface area contributed by atoms with Crippen LogP contribution < -0.4 is 0 Å². The topological polar surface area (TPSA) is 63.1 Å². The molecule has 1 heterocycles. The van der Waals surface area contributed by atoms with Crippen molar-refractivity contribution in [3.05, 3.63) is 58.2 Å². The number of aromatic nitrogens is 2. The fourth-order valence-electron chi connectivity index (χ4n) is 2.82. The lowest BCUT2D eigenvalue weighted by Gasteiger charge is -2.26. The summed E-state index contributed by atoms with van der Waals surface area (Å²) in [6.07, 6.45) is 0. The molecule has 0 aliphatic heterocycles. The van der Waals surface area contributed by atoms with Gasteiger partial charge < -0.3 is 5.11 Å². The van der Waals surface area contributed by atoms with Crippen LogP contribution in [0.1, 0.15) is 73.3 Å². The van der Waals surface area contributed by atoms with E-state index in [-0.39, 0.29) is 11.0 Å². The first kappa shape index (κ1) is 18.1. The first-order chi connectivity index (χ1) is 10.9. The van der Waals surface area contributed by atoms with Crippen molar-refractivity contribution in [2.24, 2.45) is 0 Å². The van der Waals surface area contributed by atoms with Crippen LogP contribution in [0.3, 0.4) is 0 Å². The zero-order valence-electron chi connectivity index (χ0n) is 15.6. The number of benzene rings is 1. The zero-order chi connectivity index (χ0) is 18.3. The Bertz CT molecular complexity index is 746. The fraction of sp³-hybridized carbons (Fsp3) is 0.450. The Kier molecular flexibility index (Phi) is 4.53. The summed E-state index contributed by atoms with van der Waals surface area (Å²) in [6.45, 7) is 14.1. The van der Waals surface area contributed by atoms with Crippen LogP contribution in [-0.4, -0.2) is 21.0 Å². The normalized spacial score (nSPS) is 12.3. The number of rotatable bonds is 3. The molecule has 1 aromatic heterocycles. The van der Waals surface area contributed by atoms with Gasteiger partial charge in [0, 0.05) is 5.41 Å². The third-order valence-electron chi connectivity index (χ3n) is 4.52. The molecule has 4 nitrogen and oxygen atoms in total. The highest BCUT2D eigenvalue weighted by atomic mass is 16.4. The quantitative estimate of drug-likeness (QED) is 0.907. The van der Waals surface area contributed by atoms with E-state index < -0.39 is 11.4 Å². The lowest BCUT2D eigenvalue weighted by Crippen LogP contribution is -2.25. The Labute approximate surface area is 144 Å². The van der Waals surface area contributed by atoms with Crippen molar-refractivity contribution >= 4 is 5.97 Å². The molecule has 0 spiro atoms. The van der Waals surface area contributed by atoms with E-state index in [2.05, 4.69) is 68.9 Å². The smallest absolute Gasteiger partial charge is 0.339 e. The van der Waals surface area contributed by atoms with Crippen LogP contribution in [0.25, 0.3) is 0 Å². The van der Waals surface area contributed by atoms with Gasteiger partial charge in [-0.3, -0.25) is 0 Å². The number of hydrogen-bond donors (Lipinski definition) is 1. The second kappa shape index (κ2) is 6.00. The van der Waals surface area contributed by atoms with Gasteiger partial charge in [-0.2, -0.15) is 0 Å². The van der Waals surface area contributed by atoms with Gasteiger partial charge in [0.15, 0.2) is 0 Å². The standard InChI is InChI=1S/C20H26N2O2/c1-12-16(17(23)24)13(2)22-18(21-12)20(6,7)15-10-8-14(9-11-15)19(3,4)5/h8-11H,1-7H3,(H,23,24). The number of carboxylic acids is 1. The van der Waals surface area contributed by atoms with Crippen molar-refractivity contribution in [1.29, 1.82) is 0 Å². The van der Waals surface area contributed by atoms with Crippen molar-refractivity contribution in [1.82, 2.24) is 9.97 Å². The molecular formula is C20H26N2O2. The first-order valence-electron chi connectivity index (χ1n) is 8.14. The summed E-state index contributed by atoms with van der Waals surface area (Å²) in [5.41, 5.74) is 3.29. The van der Waals surface area contributed by atoms with Crippen molar-refractivity contribution in [2.45, 2.75) is 59.3 Å². The highest BCUT2D eigenvalue weighted by Crippen LogP contribution is 2.32. The summed E-state index contributed by atoms with van der Waals surface area (Å²) >= 11 is 0. The minimum Gasteiger partial charge on any atom is -0.478 e. The molecular weight excluding hydrogens is 300 g/mol. The highest BCUT2D eigenvalue weighted by molar-refractivity contribution is 5.89. The highest BCUT2D eigenvalue weighted by Gasteiger charge is 2.29. The number of aromatic carboxylic acids is 1. The van der Waals surface area contributed by atoms with Gasteiger partial charge in [0.25, 0.3) is 0 Å². The number of carboxylic acid groups (broad SMARTS) is 1. The van der Waals surface area contributed by atoms with E-state index in [9.17, 15) is 9.90 Å². The van der Waals surface area contributed by atoms with E-state index in [1.54, 1.807) is 13.8 Å². The van der Waals surface area contributed by atoms with Gasteiger partial charge in [0.2, 0.25) is 0 Å². The molecule has 2 rings (SSSR count). The van der Waals surface area contributed by atoms with E-state index in [0.29, 0.717) is 17.2 Å². The Morgan fingerprint density at radius 3 is 1.67 bits per heavy atom. The summed E-state index contributed by atoms with van der Waals surface area (Å²) in [4.78, 5) is 20.3. The van der Waals surface area contributed by atoms with Crippen LogP contribution in [0.15, 0.2) is 24.3 Å². The maximum atomic E-state index is 11.3. The minimum absolute atomic E-state index is 0.107. The molecule has 24 heavy (non-hydrogen) atoms. The first-order valence-corrected chi connectivity index (χ1v) is 8.14. The van der Waals surface area contributed by atoms with Gasteiger partial charge in [-0.05, 0) is 44.2 Å². The van der Waals surface area contributed by atoms with E-state index in [0.717, 1.165) is 5.56 Å². The third-order valence-corrected chi connectivity index (χ3v) is 4.52. The van der Waals surface area contributed by atoms with Crippen LogP contribution in [0.4, 0.5) is 0 Å². The Morgan fingerprint density at radius 2 is 1.29 bits per heavy atom. The van der Waals surface area contributed by atoms with Gasteiger partial charge in [-0.15, -0.1) is 0 Å². The summed E-state index contributed by atoms with van der Waals surface area (Å²) in [6, 6.07) is 8.50. The van der Waals surface area contributed by atoms with Crippen LogP contribution in [0, 0.1) is 13.8 Å². The molecule has 128 valence electrons. The molecule has 0 bridgehead atoms. The molecule has 4 heteroatoms. The summed E-state index contributed by atoms with van der Waals surface area (Å²) < 4.78 is 0. The van der Waals surface area contributed by atoms with E-state index in [1.165, 1.54) is 5.56 Å². The largest absolute Gasteiger partial charge is 0.478 e. The molecule has 1 N–H and O–H groups in total. The molecule has 1 aromatic carbocycles. The average Bonchev–Trinajstić information content (AvgIpc) is 2.45. The van der Waals surface area contributed by atoms with Crippen LogP contribution >= 0.6 is 0 Å². The number of nitrogens with zero attached hydrogens (tertiary/aromatic N) is 2. The monoisotopic (exact) mass is 326 g/mol. The number of aryl methyl sites for hydroxylation is 2. The average molecular weight is 326 g/mol. The van der Waals surface area contributed by atoms with Gasteiger partial charge in [-0.25, -0.2) is 14.8 Å². The van der Waals surface area contributed by atoms with Crippen molar-refractivity contribution < 1.29 is 9.90 Å². The van der Waals surface area contributed by atoms with Crippen molar-refractivity contribution in [3.63, 3.8) is 0 Å². The third kappa shape index (κ3) is 3.32. The molecule has 0 atom stereocenters. The van der Waals surface area contributed by atoms with Gasteiger partial charge in [0.05, 0.1) is 11.4 Å². The van der Waals surface area contributed by atoms with E-state index in [4.69, 9.17) is 0 Å². The molecule has 0 amide bonds. The number of hydrogen-bond acceptors (Lipinski definition) is 3. The van der Waals surface area contributed by atoms with E-state index >= 15 is 0 Å². The van der Waals surface area contributed by atoms with E-state index in [1.807, 2.05) is 0 Å². The van der Waals surface area contributed by atoms with Gasteiger partial charge in [-0.1, -0.05) is 45.0 Å². The molecule has 0 fully saturated rings. The Hall–Kier alpha value is -2.23. The van der Waals surface area contributed by atoms with Crippen LogP contribution in [0.2, 0.25) is 0 Å². The summed E-state index contributed by atoms with van der Waals surface area (Å²) in [5.74, 6) is -0.338. The van der Waals surface area contributed by atoms with Gasteiger partial charge >= 0.3 is 5.97 Å². The zero-order valence-corrected chi connectivity index (χ0v) is 15.6. The SMILES string of the molecule is Cc1nc(C(C)(C)c2ccc(C(C)(C)C)cc2)nc(C)c1C(=O)O. The predicted octanol–water partition coefficient (Wildman–Crippen LogP) is 4.42. The Morgan fingerprint density at radius 1 is 0.875 bits per heavy atom. The second-order valence-electron chi connectivity index (χ2n) is 7.85.